The van der Waals surface area contributed by atoms with Crippen LogP contribution in [0.4, 0.5) is 4.79 Å². The maximum absolute atomic E-state index is 11.9. The summed E-state index contributed by atoms with van der Waals surface area (Å²) in [5, 5.41) is 5.92. The number of carbonyl (C=O) groups is 2. The van der Waals surface area contributed by atoms with E-state index in [2.05, 4.69) is 10.6 Å². The van der Waals surface area contributed by atoms with Gasteiger partial charge in [0.2, 0.25) is 0 Å². The zero-order chi connectivity index (χ0) is 16.0. The second-order valence-corrected chi connectivity index (χ2v) is 6.15. The van der Waals surface area contributed by atoms with Gasteiger partial charge in [-0.2, -0.15) is 0 Å². The van der Waals surface area contributed by atoms with Crippen molar-refractivity contribution in [2.75, 3.05) is 13.1 Å². The Morgan fingerprint density at radius 1 is 1.14 bits per heavy atom. The fourth-order valence-electron chi connectivity index (χ4n) is 1.42. The fraction of sp³-hybridized carbons (Fsp3) is 0.429. The topological polar surface area (TPSA) is 67.4 Å². The molecule has 1 rings (SSSR count). The lowest BCUT2D eigenvalue weighted by atomic mass is 10.2. The van der Waals surface area contributed by atoms with Crippen molar-refractivity contribution in [1.29, 1.82) is 0 Å². The summed E-state index contributed by atoms with van der Waals surface area (Å²) in [6.45, 7) is 5.84. The number of ether oxygens (including phenoxy) is 1. The molecule has 2 amide bonds. The van der Waals surface area contributed by atoms with E-state index in [1.165, 1.54) is 6.07 Å². The molecule has 0 fully saturated rings. The van der Waals surface area contributed by atoms with Crippen LogP contribution in [-0.2, 0) is 4.74 Å². The van der Waals surface area contributed by atoms with E-state index < -0.39 is 11.7 Å². The maximum atomic E-state index is 11.9. The molecule has 0 spiro atoms. The summed E-state index contributed by atoms with van der Waals surface area (Å²) >= 11 is 11.7. The van der Waals surface area contributed by atoms with Gasteiger partial charge in [-0.25, -0.2) is 4.79 Å². The Morgan fingerprint density at radius 2 is 1.76 bits per heavy atom. The summed E-state index contributed by atoms with van der Waals surface area (Å²) in [7, 11) is 0. The first-order valence-corrected chi connectivity index (χ1v) is 7.15. The first-order chi connectivity index (χ1) is 9.69. The van der Waals surface area contributed by atoms with E-state index in [0.29, 0.717) is 10.6 Å². The average molecular weight is 333 g/mol. The molecule has 0 saturated carbocycles. The summed E-state index contributed by atoms with van der Waals surface area (Å²) in [6, 6.07) is 4.62. The lowest BCUT2D eigenvalue weighted by Gasteiger charge is -2.19. The van der Waals surface area contributed by atoms with E-state index in [-0.39, 0.29) is 24.0 Å². The number of rotatable bonds is 4. The molecular weight excluding hydrogens is 315 g/mol. The van der Waals surface area contributed by atoms with Crippen LogP contribution in [0.5, 0.6) is 0 Å². The Bertz CT molecular complexity index is 527. The van der Waals surface area contributed by atoms with E-state index in [0.717, 1.165) is 0 Å². The van der Waals surface area contributed by atoms with E-state index >= 15 is 0 Å². The minimum atomic E-state index is -0.551. The predicted octanol–water partition coefficient (Wildman–Crippen LogP) is 3.25. The molecule has 0 aliphatic rings. The van der Waals surface area contributed by atoms with Gasteiger partial charge in [-0.15, -0.1) is 0 Å². The van der Waals surface area contributed by atoms with Gasteiger partial charge in [-0.3, -0.25) is 4.79 Å². The molecule has 5 nitrogen and oxygen atoms in total. The van der Waals surface area contributed by atoms with Crippen LogP contribution in [0.3, 0.4) is 0 Å². The zero-order valence-electron chi connectivity index (χ0n) is 12.1. The van der Waals surface area contributed by atoms with Crippen molar-refractivity contribution >= 4 is 35.2 Å². The molecule has 1 aromatic carbocycles. The van der Waals surface area contributed by atoms with Crippen LogP contribution in [0.25, 0.3) is 0 Å². The lowest BCUT2D eigenvalue weighted by molar-refractivity contribution is 0.0526. The Balaban J connectivity index is 2.36. The first-order valence-electron chi connectivity index (χ1n) is 6.39. The lowest BCUT2D eigenvalue weighted by Crippen LogP contribution is -2.37. The van der Waals surface area contributed by atoms with Crippen LogP contribution in [0.1, 0.15) is 31.1 Å². The van der Waals surface area contributed by atoms with Crippen LogP contribution in [0.15, 0.2) is 18.2 Å². The molecule has 0 aromatic heterocycles. The monoisotopic (exact) mass is 332 g/mol. The highest BCUT2D eigenvalue weighted by atomic mass is 35.5. The largest absolute Gasteiger partial charge is 0.444 e. The van der Waals surface area contributed by atoms with Gasteiger partial charge in [0.15, 0.2) is 0 Å². The highest BCUT2D eigenvalue weighted by Crippen LogP contribution is 2.20. The molecule has 0 radical (unpaired) electrons. The van der Waals surface area contributed by atoms with Gasteiger partial charge in [0.05, 0.1) is 10.6 Å². The zero-order valence-corrected chi connectivity index (χ0v) is 13.6. The molecule has 21 heavy (non-hydrogen) atoms. The smallest absolute Gasteiger partial charge is 0.407 e. The minimum absolute atomic E-state index is 0.256. The predicted molar refractivity (Wildman–Crippen MR) is 83.0 cm³/mol. The Morgan fingerprint density at radius 3 is 2.33 bits per heavy atom. The number of hydrogen-bond acceptors (Lipinski definition) is 3. The van der Waals surface area contributed by atoms with E-state index in [4.69, 9.17) is 27.9 Å². The van der Waals surface area contributed by atoms with Crippen molar-refractivity contribution < 1.29 is 14.3 Å². The molecule has 0 aliphatic heterocycles. The van der Waals surface area contributed by atoms with Gasteiger partial charge in [-0.1, -0.05) is 23.2 Å². The summed E-state index contributed by atoms with van der Waals surface area (Å²) in [4.78, 5) is 23.3. The van der Waals surface area contributed by atoms with Crippen LogP contribution >= 0.6 is 23.2 Å². The summed E-state index contributed by atoms with van der Waals surface area (Å²) in [5.41, 5.74) is -0.220. The van der Waals surface area contributed by atoms with Gasteiger partial charge >= 0.3 is 6.09 Å². The van der Waals surface area contributed by atoms with Gasteiger partial charge < -0.3 is 15.4 Å². The SMILES string of the molecule is CC(C)(C)OC(=O)NCCNC(=O)c1ccc(Cl)cc1Cl. The molecule has 116 valence electrons. The molecule has 0 atom stereocenters. The average Bonchev–Trinajstić information content (AvgIpc) is 2.32. The normalized spacial score (nSPS) is 10.9. The Labute approximate surface area is 133 Å². The molecule has 7 heteroatoms. The Hall–Kier alpha value is -1.46. The first kappa shape index (κ1) is 17.6. The van der Waals surface area contributed by atoms with Crippen molar-refractivity contribution in [3.05, 3.63) is 33.8 Å². The summed E-state index contributed by atoms with van der Waals surface area (Å²) in [5.74, 6) is -0.331. The number of hydrogen-bond donors (Lipinski definition) is 2. The molecule has 0 bridgehead atoms. The van der Waals surface area contributed by atoms with Crippen molar-refractivity contribution in [3.8, 4) is 0 Å². The molecule has 2 N–H and O–H groups in total. The highest BCUT2D eigenvalue weighted by Gasteiger charge is 2.15. The molecule has 0 heterocycles. The number of halogens is 2. The van der Waals surface area contributed by atoms with Crippen molar-refractivity contribution in [2.45, 2.75) is 26.4 Å². The third-order valence-electron chi connectivity index (χ3n) is 2.25. The minimum Gasteiger partial charge on any atom is -0.444 e. The van der Waals surface area contributed by atoms with Crippen LogP contribution in [0.2, 0.25) is 10.0 Å². The van der Waals surface area contributed by atoms with Crippen molar-refractivity contribution in [2.24, 2.45) is 0 Å². The van der Waals surface area contributed by atoms with Crippen molar-refractivity contribution in [1.82, 2.24) is 10.6 Å². The molecule has 1 aromatic rings. The van der Waals surface area contributed by atoms with E-state index in [9.17, 15) is 9.59 Å². The third kappa shape index (κ3) is 6.69. The number of amides is 2. The van der Waals surface area contributed by atoms with Gasteiger partial charge in [-0.05, 0) is 39.0 Å². The number of nitrogens with one attached hydrogen (secondary N) is 2. The number of carbonyl (C=O) groups excluding carboxylic acids is 2. The standard InChI is InChI=1S/C14H18Cl2N2O3/c1-14(2,3)21-13(20)18-7-6-17-12(19)10-5-4-9(15)8-11(10)16/h4-5,8H,6-7H2,1-3H3,(H,17,19)(H,18,20). The second kappa shape index (κ2) is 7.52. The highest BCUT2D eigenvalue weighted by molar-refractivity contribution is 6.36. The van der Waals surface area contributed by atoms with Gasteiger partial charge in [0.1, 0.15) is 5.60 Å². The summed E-state index contributed by atoms with van der Waals surface area (Å²) in [6.07, 6.45) is -0.527. The van der Waals surface area contributed by atoms with Crippen molar-refractivity contribution in [3.63, 3.8) is 0 Å². The number of alkyl carbamates (subject to hydrolysis) is 1. The van der Waals surface area contributed by atoms with Crippen LogP contribution < -0.4 is 10.6 Å². The molecular formula is C14H18Cl2N2O3. The second-order valence-electron chi connectivity index (χ2n) is 5.31. The molecule has 0 unspecified atom stereocenters. The van der Waals surface area contributed by atoms with E-state index in [1.807, 2.05) is 0 Å². The third-order valence-corrected chi connectivity index (χ3v) is 2.80. The number of benzene rings is 1. The van der Waals surface area contributed by atoms with Crippen LogP contribution in [-0.4, -0.2) is 30.7 Å². The van der Waals surface area contributed by atoms with Gasteiger partial charge in [0.25, 0.3) is 5.91 Å². The Kier molecular flexibility index (Phi) is 6.30. The maximum Gasteiger partial charge on any atom is 0.407 e. The van der Waals surface area contributed by atoms with Gasteiger partial charge in [0, 0.05) is 18.1 Å². The molecule has 0 saturated heterocycles. The fourth-order valence-corrected chi connectivity index (χ4v) is 1.92. The summed E-state index contributed by atoms with van der Waals surface area (Å²) < 4.78 is 5.06. The van der Waals surface area contributed by atoms with Crippen LogP contribution in [0, 0.1) is 0 Å². The quantitative estimate of drug-likeness (QED) is 0.831. The van der Waals surface area contributed by atoms with E-state index in [1.54, 1.807) is 32.9 Å². The molecule has 0 aliphatic carbocycles.